The Labute approximate surface area is 136 Å². The third-order valence-corrected chi connectivity index (χ3v) is 7.72. The van der Waals surface area contributed by atoms with E-state index in [2.05, 4.69) is 15.9 Å². The molecule has 7 heteroatoms. The van der Waals surface area contributed by atoms with Gasteiger partial charge in [-0.2, -0.15) is 4.31 Å². The Bertz CT molecular complexity index is 688. The van der Waals surface area contributed by atoms with Crippen LogP contribution in [0.25, 0.3) is 0 Å². The van der Waals surface area contributed by atoms with Gasteiger partial charge >= 0.3 is 0 Å². The van der Waals surface area contributed by atoms with Gasteiger partial charge in [-0.25, -0.2) is 8.42 Å². The van der Waals surface area contributed by atoms with Crippen molar-refractivity contribution in [3.05, 3.63) is 40.1 Å². The fraction of sp³-hybridized carbons (Fsp3) is 0.429. The number of rotatable bonds is 5. The van der Waals surface area contributed by atoms with Crippen LogP contribution in [-0.4, -0.2) is 18.8 Å². The second kappa shape index (κ2) is 6.24. The largest absolute Gasteiger partial charge is 0.468 e. The molecule has 114 valence electrons. The Morgan fingerprint density at radius 3 is 2.62 bits per heavy atom. The van der Waals surface area contributed by atoms with Gasteiger partial charge in [0, 0.05) is 6.04 Å². The number of thiophene rings is 1. The smallest absolute Gasteiger partial charge is 0.253 e. The first-order valence-electron chi connectivity index (χ1n) is 6.87. The summed E-state index contributed by atoms with van der Waals surface area (Å²) in [6.07, 6.45) is 5.60. The number of sulfonamides is 1. The van der Waals surface area contributed by atoms with E-state index in [0.29, 0.717) is 16.5 Å². The van der Waals surface area contributed by atoms with E-state index >= 15 is 0 Å². The summed E-state index contributed by atoms with van der Waals surface area (Å²) in [6, 6.07) is 7.12. The van der Waals surface area contributed by atoms with Crippen molar-refractivity contribution < 1.29 is 12.8 Å². The molecule has 1 fully saturated rings. The Balaban J connectivity index is 1.93. The van der Waals surface area contributed by atoms with E-state index in [4.69, 9.17) is 4.42 Å². The standard InChI is InChI=1S/C14H16BrNO3S2/c15-13-7-8-14(20-13)21(17,18)16(11-4-1-2-5-11)10-12-6-3-9-19-12/h3,6-9,11H,1-2,4-5,10H2. The summed E-state index contributed by atoms with van der Waals surface area (Å²) < 4.78 is 34.0. The number of hydrogen-bond donors (Lipinski definition) is 0. The van der Waals surface area contributed by atoms with Gasteiger partial charge < -0.3 is 4.42 Å². The maximum absolute atomic E-state index is 12.9. The van der Waals surface area contributed by atoms with Crippen LogP contribution in [0, 0.1) is 0 Å². The summed E-state index contributed by atoms with van der Waals surface area (Å²) in [6.45, 7) is 0.301. The van der Waals surface area contributed by atoms with Crippen LogP contribution in [0.2, 0.25) is 0 Å². The molecule has 0 atom stereocenters. The second-order valence-electron chi connectivity index (χ2n) is 5.13. The van der Waals surface area contributed by atoms with E-state index in [0.717, 1.165) is 29.5 Å². The highest BCUT2D eigenvalue weighted by atomic mass is 79.9. The third kappa shape index (κ3) is 3.26. The van der Waals surface area contributed by atoms with Crippen LogP contribution in [0.5, 0.6) is 0 Å². The zero-order valence-corrected chi connectivity index (χ0v) is 14.6. The van der Waals surface area contributed by atoms with Crippen LogP contribution < -0.4 is 0 Å². The molecule has 21 heavy (non-hydrogen) atoms. The summed E-state index contributed by atoms with van der Waals surface area (Å²) >= 11 is 4.59. The molecule has 0 N–H and O–H groups in total. The number of hydrogen-bond acceptors (Lipinski definition) is 4. The van der Waals surface area contributed by atoms with Crippen LogP contribution in [0.15, 0.2) is 42.9 Å². The van der Waals surface area contributed by atoms with Gasteiger partial charge in [0.25, 0.3) is 10.0 Å². The first kappa shape index (κ1) is 15.3. The lowest BCUT2D eigenvalue weighted by molar-refractivity contribution is 0.292. The lowest BCUT2D eigenvalue weighted by Gasteiger charge is -2.26. The first-order chi connectivity index (χ1) is 10.1. The zero-order valence-electron chi connectivity index (χ0n) is 11.4. The quantitative estimate of drug-likeness (QED) is 0.768. The molecule has 1 saturated carbocycles. The Hall–Kier alpha value is -0.630. The molecule has 2 heterocycles. The Morgan fingerprint density at radius 1 is 1.29 bits per heavy atom. The molecule has 0 aromatic carbocycles. The predicted molar refractivity (Wildman–Crippen MR) is 85.7 cm³/mol. The van der Waals surface area contributed by atoms with Crippen molar-refractivity contribution in [3.63, 3.8) is 0 Å². The van der Waals surface area contributed by atoms with Crippen molar-refractivity contribution in [1.82, 2.24) is 4.31 Å². The van der Waals surface area contributed by atoms with Crippen LogP contribution in [0.3, 0.4) is 0 Å². The van der Waals surface area contributed by atoms with Crippen LogP contribution in [0.1, 0.15) is 31.4 Å². The molecule has 0 amide bonds. The molecule has 0 radical (unpaired) electrons. The monoisotopic (exact) mass is 389 g/mol. The zero-order chi connectivity index (χ0) is 14.9. The fourth-order valence-electron chi connectivity index (χ4n) is 2.71. The van der Waals surface area contributed by atoms with Crippen molar-refractivity contribution in [2.45, 2.75) is 42.5 Å². The molecule has 0 saturated heterocycles. The van der Waals surface area contributed by atoms with Gasteiger partial charge in [-0.3, -0.25) is 0 Å². The second-order valence-corrected chi connectivity index (χ2v) is 9.71. The van der Waals surface area contributed by atoms with Crippen molar-refractivity contribution in [3.8, 4) is 0 Å². The molecule has 4 nitrogen and oxygen atoms in total. The van der Waals surface area contributed by atoms with E-state index in [-0.39, 0.29) is 6.04 Å². The van der Waals surface area contributed by atoms with E-state index in [1.165, 1.54) is 11.3 Å². The maximum atomic E-state index is 12.9. The SMILES string of the molecule is O=S(=O)(c1ccc(Br)s1)N(Cc1ccco1)C1CCCC1. The molecular weight excluding hydrogens is 374 g/mol. The van der Waals surface area contributed by atoms with Gasteiger partial charge in [0.15, 0.2) is 0 Å². The number of halogens is 1. The maximum Gasteiger partial charge on any atom is 0.253 e. The van der Waals surface area contributed by atoms with Gasteiger partial charge in [-0.05, 0) is 53.0 Å². The van der Waals surface area contributed by atoms with E-state index < -0.39 is 10.0 Å². The Kier molecular flexibility index (Phi) is 4.54. The van der Waals surface area contributed by atoms with E-state index in [9.17, 15) is 8.42 Å². The number of nitrogens with zero attached hydrogens (tertiary/aromatic N) is 1. The summed E-state index contributed by atoms with van der Waals surface area (Å²) in [5.74, 6) is 0.682. The van der Waals surface area contributed by atoms with Gasteiger partial charge in [0.05, 0.1) is 16.6 Å². The highest BCUT2D eigenvalue weighted by molar-refractivity contribution is 9.11. The van der Waals surface area contributed by atoms with Crippen molar-refractivity contribution in [2.75, 3.05) is 0 Å². The van der Waals surface area contributed by atoms with Gasteiger partial charge in [0.1, 0.15) is 9.97 Å². The van der Waals surface area contributed by atoms with Crippen LogP contribution in [0.4, 0.5) is 0 Å². The molecular formula is C14H16BrNO3S2. The van der Waals surface area contributed by atoms with Gasteiger partial charge in [0.2, 0.25) is 0 Å². The molecule has 1 aliphatic carbocycles. The normalized spacial score (nSPS) is 16.9. The first-order valence-corrected chi connectivity index (χ1v) is 9.92. The summed E-state index contributed by atoms with van der Waals surface area (Å²) in [7, 11) is -3.48. The third-order valence-electron chi connectivity index (χ3n) is 3.74. The summed E-state index contributed by atoms with van der Waals surface area (Å²) in [4.78, 5) is 0. The number of furan rings is 1. The average Bonchev–Trinajstić information content (AvgIpc) is 3.18. The molecule has 2 aromatic heterocycles. The van der Waals surface area contributed by atoms with E-state index in [1.54, 1.807) is 28.8 Å². The average molecular weight is 390 g/mol. The molecule has 0 unspecified atom stereocenters. The fourth-order valence-corrected chi connectivity index (χ4v) is 6.50. The van der Waals surface area contributed by atoms with Crippen molar-refractivity contribution >= 4 is 37.3 Å². The topological polar surface area (TPSA) is 50.5 Å². The predicted octanol–water partition coefficient (Wildman–Crippen LogP) is 4.24. The lowest BCUT2D eigenvalue weighted by Crippen LogP contribution is -2.37. The van der Waals surface area contributed by atoms with Crippen molar-refractivity contribution in [1.29, 1.82) is 0 Å². The molecule has 2 aromatic rings. The molecule has 1 aliphatic rings. The molecule has 0 spiro atoms. The van der Waals surface area contributed by atoms with Gasteiger partial charge in [-0.15, -0.1) is 11.3 Å². The summed E-state index contributed by atoms with van der Waals surface area (Å²) in [5, 5.41) is 0. The summed E-state index contributed by atoms with van der Waals surface area (Å²) in [5.41, 5.74) is 0. The molecule has 0 aliphatic heterocycles. The minimum Gasteiger partial charge on any atom is -0.468 e. The Morgan fingerprint density at radius 2 is 2.05 bits per heavy atom. The van der Waals surface area contributed by atoms with Crippen molar-refractivity contribution in [2.24, 2.45) is 0 Å². The highest BCUT2D eigenvalue weighted by Crippen LogP contribution is 2.34. The van der Waals surface area contributed by atoms with E-state index in [1.807, 2.05) is 6.07 Å². The minimum absolute atomic E-state index is 0.0703. The minimum atomic E-state index is -3.48. The highest BCUT2D eigenvalue weighted by Gasteiger charge is 2.34. The van der Waals surface area contributed by atoms with Crippen LogP contribution in [-0.2, 0) is 16.6 Å². The van der Waals surface area contributed by atoms with Gasteiger partial charge in [-0.1, -0.05) is 12.8 Å². The molecule has 3 rings (SSSR count). The van der Waals surface area contributed by atoms with Crippen LogP contribution >= 0.6 is 27.3 Å². The lowest BCUT2D eigenvalue weighted by atomic mass is 10.2. The molecule has 0 bridgehead atoms.